The number of phenolic OH excluding ortho intramolecular Hbond substituents is 3. The standard InChI is InChI=1S/C80H83Cl2N9O24/c1-32(2)19-48(83)72(102)90-63-65(97)37-14-17-52(46(81)22-37)111-54-24-39-25-55(69(54)115-79-70(68(100)67(99)56(31-92)113-79)114-58-29-80(4,71(101)33(3)110-58)85-30-45-41-11-7-5-9-34(41)20-35-10-6-8-12-42(35)45)112-53-18-15-38(23-47(53)82)66(98)64-77(107)89-62(78(108)109)44-26-40(93)27-51(95)59(44)43-21-36(13-16-50(43)94)60(74(104)91-64)88-75(105)61(39)87-73(103)49(28-57(84)96)86-76(63)106/h5-18,20-27,32-33,48-49,56,58,60-68,70-71,79,85,92-95,97-101H,19,28-31,83H2,1-4H3,(H2,84,96)(H,86,106)(H,87,103)(H,88,105)(H,89,107)(H,90,102)(H,91,104)(H,108,109)/t33-,48+,49-,56+,58-,60+,61+,62-,63+,64-,65+,66+,67+,68-,70+,71+,79-,80-/m0/s1. The number of nitrogens with two attached hydrogens (primary N) is 2. The number of carbonyl (C=O) groups excluding carboxylic acids is 7. The monoisotopic (exact) mass is 1620 g/mol. The first-order valence-electron chi connectivity index (χ1n) is 36.6. The highest BCUT2D eigenvalue weighted by Gasteiger charge is 2.52. The molecular weight excluding hydrogens is 1540 g/mol. The molecule has 0 aromatic heterocycles. The number of hydrogen-bond acceptors (Lipinski definition) is 25. The number of nitrogens with one attached hydrogen (secondary N) is 7. The molecule has 2 fully saturated rings. The first kappa shape index (κ1) is 82.0. The first-order valence-corrected chi connectivity index (χ1v) is 37.3. The number of carbonyl (C=O) groups is 8. The molecule has 606 valence electrons. The molecule has 7 heterocycles. The molecule has 21 N–H and O–H groups in total. The highest BCUT2D eigenvalue weighted by atomic mass is 35.5. The number of halogens is 2. The topological polar surface area (TPSA) is 530 Å². The summed E-state index contributed by atoms with van der Waals surface area (Å²) in [6.45, 7) is 6.08. The molecule has 0 spiro atoms. The van der Waals surface area contributed by atoms with Gasteiger partial charge in [-0.25, -0.2) is 4.79 Å². The number of aliphatic hydroxyl groups excluding tert-OH is 6. The second-order valence-electron chi connectivity index (χ2n) is 29.5. The molecule has 0 radical (unpaired) electrons. The second-order valence-corrected chi connectivity index (χ2v) is 30.4. The van der Waals surface area contributed by atoms with Gasteiger partial charge in [0.05, 0.1) is 41.3 Å². The fraction of sp³-hybridized carbons (Fsp3) is 0.350. The highest BCUT2D eigenvalue weighted by molar-refractivity contribution is 6.32. The Morgan fingerprint density at radius 1 is 0.661 bits per heavy atom. The largest absolute Gasteiger partial charge is 0.508 e. The normalized spacial score (nSPS) is 27.3. The third kappa shape index (κ3) is 16.9. The lowest BCUT2D eigenvalue weighted by Gasteiger charge is -2.48. The number of hydrogen-bond donors (Lipinski definition) is 19. The van der Waals surface area contributed by atoms with Crippen molar-refractivity contribution in [2.75, 3.05) is 6.61 Å². The van der Waals surface area contributed by atoms with E-state index in [1.807, 2.05) is 48.5 Å². The molecule has 18 atom stereocenters. The van der Waals surface area contributed by atoms with Gasteiger partial charge in [-0.15, -0.1) is 0 Å². The van der Waals surface area contributed by atoms with E-state index in [1.165, 1.54) is 12.1 Å². The number of amides is 7. The summed E-state index contributed by atoms with van der Waals surface area (Å²) in [4.78, 5) is 118. The molecule has 7 amide bonds. The van der Waals surface area contributed by atoms with Crippen LogP contribution in [0, 0.1) is 5.92 Å². The van der Waals surface area contributed by atoms with Gasteiger partial charge in [0.2, 0.25) is 53.4 Å². The van der Waals surface area contributed by atoms with Gasteiger partial charge < -0.3 is 128 Å². The molecule has 115 heavy (non-hydrogen) atoms. The van der Waals surface area contributed by atoms with Crippen molar-refractivity contribution in [3.63, 3.8) is 0 Å². The van der Waals surface area contributed by atoms with Crippen LogP contribution < -0.4 is 62.9 Å². The maximum Gasteiger partial charge on any atom is 0.330 e. The number of aromatic hydroxyl groups is 3. The van der Waals surface area contributed by atoms with Gasteiger partial charge >= 0.3 is 5.97 Å². The number of rotatable bonds is 15. The average Bonchev–Trinajstić information content (AvgIpc) is 0.769. The quantitative estimate of drug-likeness (QED) is 0.0645. The van der Waals surface area contributed by atoms with Crippen molar-refractivity contribution in [2.45, 2.75) is 163 Å². The Hall–Kier alpha value is -11.0. The number of fused-ring (bicyclic) bond motifs is 17. The van der Waals surface area contributed by atoms with Crippen molar-refractivity contribution in [3.8, 4) is 57.1 Å². The lowest BCUT2D eigenvalue weighted by molar-refractivity contribution is -0.334. The molecule has 7 aliphatic heterocycles. The predicted molar refractivity (Wildman–Crippen MR) is 409 cm³/mol. The van der Waals surface area contributed by atoms with Gasteiger partial charge in [-0.3, -0.25) is 33.6 Å². The molecule has 33 nitrogen and oxygen atoms in total. The van der Waals surface area contributed by atoms with Crippen LogP contribution in [0.1, 0.15) is 111 Å². The molecule has 8 aromatic carbocycles. The van der Waals surface area contributed by atoms with Crippen LogP contribution in [-0.4, -0.2) is 184 Å². The molecule has 7 aliphatic rings. The van der Waals surface area contributed by atoms with E-state index in [-0.39, 0.29) is 52.8 Å². The average molecular weight is 1630 g/mol. The van der Waals surface area contributed by atoms with E-state index >= 15 is 14.4 Å². The van der Waals surface area contributed by atoms with Gasteiger partial charge in [-0.05, 0) is 136 Å². The van der Waals surface area contributed by atoms with Crippen molar-refractivity contribution < 1.29 is 118 Å². The molecule has 15 rings (SSSR count). The SMILES string of the molecule is CC(C)C[C@@H](N)C(=O)N[C@H]1C(=O)N[C@@H](CC(N)=O)C(=O)N[C@H]2C(=O)N[C@H]3C(=O)N[C@H](C(=O)N[C@H](C(=O)O)c4cc(O)cc(O)c4-c4cc3ccc4O)[C@H](O)c3ccc(c(Cl)c3)Oc3cc2cc(c3O[C@@H]2O[C@H](CO)[C@@H](O)[C@H](O)[C@H]2O[C@H]2C[C@](C)(NCc3c4ccccc4cc4ccccc34)[C@H](O)[C@H](C)O2)Oc2ccc(cc2Cl)[C@H]1O. The summed E-state index contributed by atoms with van der Waals surface area (Å²) >= 11 is 14.3. The Morgan fingerprint density at radius 3 is 1.87 bits per heavy atom. The molecule has 11 bridgehead atoms. The van der Waals surface area contributed by atoms with Crippen molar-refractivity contribution in [1.82, 2.24) is 37.2 Å². The first-order chi connectivity index (χ1) is 54.7. The smallest absolute Gasteiger partial charge is 0.330 e. The van der Waals surface area contributed by atoms with Gasteiger partial charge in [0, 0.05) is 41.3 Å². The maximum atomic E-state index is 16.2. The summed E-state index contributed by atoms with van der Waals surface area (Å²) in [5, 5.41) is 138. The van der Waals surface area contributed by atoms with E-state index in [4.69, 9.17) is 63.1 Å². The van der Waals surface area contributed by atoms with E-state index in [2.05, 4.69) is 43.3 Å². The number of benzene rings is 8. The Balaban J connectivity index is 0.995. The summed E-state index contributed by atoms with van der Waals surface area (Å²) in [6.07, 6.45) is -18.9. The van der Waals surface area contributed by atoms with Gasteiger partial charge in [0.25, 0.3) is 0 Å². The molecule has 0 saturated carbocycles. The molecule has 2 saturated heterocycles. The van der Waals surface area contributed by atoms with Crippen LogP contribution in [0.15, 0.2) is 133 Å². The second kappa shape index (κ2) is 33.4. The van der Waals surface area contributed by atoms with Crippen LogP contribution in [0.2, 0.25) is 10.0 Å². The van der Waals surface area contributed by atoms with Crippen LogP contribution in [0.5, 0.6) is 46.0 Å². The van der Waals surface area contributed by atoms with E-state index in [0.29, 0.717) is 0 Å². The molecule has 35 heteroatoms. The van der Waals surface area contributed by atoms with E-state index in [1.54, 1.807) is 27.7 Å². The number of primary amides is 1. The number of aliphatic hydroxyl groups is 6. The van der Waals surface area contributed by atoms with Crippen molar-refractivity contribution in [1.29, 1.82) is 0 Å². The van der Waals surface area contributed by atoms with Crippen LogP contribution in [0.4, 0.5) is 0 Å². The van der Waals surface area contributed by atoms with Gasteiger partial charge in [0.1, 0.15) is 89.5 Å². The third-order valence-corrected chi connectivity index (χ3v) is 21.6. The lowest BCUT2D eigenvalue weighted by Crippen LogP contribution is -2.65. The van der Waals surface area contributed by atoms with E-state index in [0.717, 1.165) is 93.8 Å². The number of carboxylic acid groups (broad SMARTS) is 1. The Bertz CT molecular complexity index is 5120. The molecule has 0 unspecified atom stereocenters. The summed E-state index contributed by atoms with van der Waals surface area (Å²) in [7, 11) is 0. The molecular formula is C80H83Cl2N9O24. The summed E-state index contributed by atoms with van der Waals surface area (Å²) < 4.78 is 39.7. The zero-order chi connectivity index (χ0) is 82.5. The number of carboxylic acids is 1. The predicted octanol–water partition coefficient (Wildman–Crippen LogP) is 3.98. The van der Waals surface area contributed by atoms with Gasteiger partial charge in [-0.2, -0.15) is 0 Å². The maximum absolute atomic E-state index is 16.2. The molecule has 8 aromatic rings. The number of phenols is 3. The summed E-state index contributed by atoms with van der Waals surface area (Å²) in [5.41, 5.74) is 8.80. The zero-order valence-electron chi connectivity index (χ0n) is 61.7. The highest BCUT2D eigenvalue weighted by Crippen LogP contribution is 2.50. The Kier molecular flexibility index (Phi) is 23.8. The zero-order valence-corrected chi connectivity index (χ0v) is 63.2. The number of ether oxygens (including phenoxy) is 6. The summed E-state index contributed by atoms with van der Waals surface area (Å²) in [6, 6.07) is 16.6. The fourth-order valence-electron chi connectivity index (χ4n) is 15.0. The van der Waals surface area contributed by atoms with E-state index in [9.17, 15) is 75.0 Å². The van der Waals surface area contributed by atoms with Crippen LogP contribution >= 0.6 is 23.2 Å². The number of aliphatic carboxylic acids is 1. The molecule has 0 aliphatic carbocycles. The minimum atomic E-state index is -2.37. The minimum Gasteiger partial charge on any atom is -0.508 e. The van der Waals surface area contributed by atoms with Crippen molar-refractivity contribution >= 4 is 92.1 Å². The summed E-state index contributed by atoms with van der Waals surface area (Å²) in [5.74, 6) is -16.3. The Labute approximate surface area is 664 Å². The minimum absolute atomic E-state index is 0.0695. The van der Waals surface area contributed by atoms with Crippen LogP contribution in [0.3, 0.4) is 0 Å². The van der Waals surface area contributed by atoms with Crippen LogP contribution in [0.25, 0.3) is 32.7 Å². The lowest BCUT2D eigenvalue weighted by atomic mass is 9.84. The van der Waals surface area contributed by atoms with Gasteiger partial charge in [-0.1, -0.05) is 104 Å². The Morgan fingerprint density at radius 2 is 1.26 bits per heavy atom. The van der Waals surface area contributed by atoms with Crippen molar-refractivity contribution in [2.24, 2.45) is 17.4 Å². The van der Waals surface area contributed by atoms with Crippen molar-refractivity contribution in [3.05, 3.63) is 177 Å². The van der Waals surface area contributed by atoms with Crippen LogP contribution in [-0.2, 0) is 59.1 Å². The van der Waals surface area contributed by atoms with E-state index < -0.39 is 237 Å². The third-order valence-electron chi connectivity index (χ3n) is 21.0. The van der Waals surface area contributed by atoms with Gasteiger partial charge in [0.15, 0.2) is 29.9 Å². The fourth-order valence-corrected chi connectivity index (χ4v) is 15.5.